The Kier molecular flexibility index (Phi) is 8.18. The maximum atomic E-state index is 12.5. The zero-order chi connectivity index (χ0) is 19.1. The van der Waals surface area contributed by atoms with Crippen molar-refractivity contribution in [2.24, 2.45) is 13.0 Å². The summed E-state index contributed by atoms with van der Waals surface area (Å²) in [7, 11) is 1.73. The number of thioether (sulfide) groups is 1. The fourth-order valence-electron chi connectivity index (χ4n) is 3.41. The highest BCUT2D eigenvalue weighted by atomic mass is 32.2. The average molecular weight is 381 g/mol. The second-order valence-corrected chi connectivity index (χ2v) is 7.99. The zero-order valence-corrected chi connectivity index (χ0v) is 16.9. The number of aryl methyl sites for hydroxylation is 1. The number of aliphatic hydroxyl groups excluding tert-OH is 1. The zero-order valence-electron chi connectivity index (χ0n) is 16.1. The molecule has 0 spiro atoms. The van der Waals surface area contributed by atoms with Gasteiger partial charge >= 0.3 is 0 Å². The number of unbranched alkanes of at least 4 members (excludes halogenated alkanes) is 2. The Balaban J connectivity index is 2.21. The molecule has 1 aliphatic heterocycles. The lowest BCUT2D eigenvalue weighted by Crippen LogP contribution is -2.39. The number of nitrogens with two attached hydrogens (primary N) is 1. The maximum absolute atomic E-state index is 12.5. The second-order valence-electron chi connectivity index (χ2n) is 6.93. The van der Waals surface area contributed by atoms with Crippen LogP contribution in [0.2, 0.25) is 0 Å². The number of allylic oxidation sites excluding steroid dienone is 1. The van der Waals surface area contributed by atoms with Gasteiger partial charge in [0.05, 0.1) is 0 Å². The van der Waals surface area contributed by atoms with Gasteiger partial charge in [-0.15, -0.1) is 0 Å². The van der Waals surface area contributed by atoms with Crippen LogP contribution in [0.5, 0.6) is 0 Å². The van der Waals surface area contributed by atoms with Crippen molar-refractivity contribution in [1.82, 2.24) is 14.9 Å². The molecule has 26 heavy (non-hydrogen) atoms. The van der Waals surface area contributed by atoms with Gasteiger partial charge in [-0.25, -0.2) is 4.98 Å². The minimum atomic E-state index is -0.176. The number of piperidine rings is 1. The maximum Gasteiger partial charge on any atom is 0.277 e. The first-order chi connectivity index (χ1) is 12.5. The van der Waals surface area contributed by atoms with Crippen LogP contribution in [-0.2, 0) is 13.5 Å². The average Bonchev–Trinajstić information content (AvgIpc) is 2.65. The van der Waals surface area contributed by atoms with E-state index in [1.165, 1.54) is 16.7 Å². The van der Waals surface area contributed by atoms with Crippen molar-refractivity contribution >= 4 is 17.4 Å². The lowest BCUT2D eigenvalue weighted by Gasteiger charge is -2.31. The summed E-state index contributed by atoms with van der Waals surface area (Å²) in [4.78, 5) is 18.5. The lowest BCUT2D eigenvalue weighted by atomic mass is 9.91. The number of aromatic nitrogens is 2. The van der Waals surface area contributed by atoms with Crippen LogP contribution in [0, 0.1) is 5.92 Å². The Morgan fingerprint density at radius 3 is 2.88 bits per heavy atom. The van der Waals surface area contributed by atoms with Crippen LogP contribution in [0.15, 0.2) is 20.8 Å². The van der Waals surface area contributed by atoms with E-state index in [1.807, 2.05) is 6.92 Å². The number of rotatable bonds is 8. The van der Waals surface area contributed by atoms with Crippen LogP contribution >= 0.6 is 11.8 Å². The summed E-state index contributed by atoms with van der Waals surface area (Å²) in [5, 5.41) is 13.1. The predicted molar refractivity (Wildman–Crippen MR) is 108 cm³/mol. The smallest absolute Gasteiger partial charge is 0.277 e. The van der Waals surface area contributed by atoms with Gasteiger partial charge in [-0.1, -0.05) is 24.3 Å². The molecule has 0 amide bonds. The third-order valence-corrected chi connectivity index (χ3v) is 6.35. The molecule has 0 unspecified atom stereocenters. The third kappa shape index (κ3) is 5.11. The van der Waals surface area contributed by atoms with Crippen molar-refractivity contribution in [1.29, 1.82) is 0 Å². The van der Waals surface area contributed by atoms with Crippen molar-refractivity contribution in [2.75, 3.05) is 18.9 Å². The molecule has 4 N–H and O–H groups in total. The lowest BCUT2D eigenvalue weighted by molar-refractivity contribution is 0.283. The number of nitrogens with one attached hydrogen (secondary N) is 1. The quantitative estimate of drug-likeness (QED) is 0.364. The minimum absolute atomic E-state index is 0.176. The van der Waals surface area contributed by atoms with Gasteiger partial charge in [-0.2, -0.15) is 0 Å². The summed E-state index contributed by atoms with van der Waals surface area (Å²) in [6.07, 6.45) is 7.73. The van der Waals surface area contributed by atoms with E-state index in [2.05, 4.69) is 18.3 Å². The highest BCUT2D eigenvalue weighted by Crippen LogP contribution is 2.37. The van der Waals surface area contributed by atoms with Gasteiger partial charge in [-0.3, -0.25) is 9.36 Å². The molecule has 146 valence electrons. The Bertz CT molecular complexity index is 687. The monoisotopic (exact) mass is 380 g/mol. The topological polar surface area (TPSA) is 93.2 Å². The number of nitrogens with zero attached hydrogens (tertiary/aromatic N) is 2. The molecule has 1 aromatic heterocycles. The van der Waals surface area contributed by atoms with Crippen molar-refractivity contribution in [3.63, 3.8) is 0 Å². The summed E-state index contributed by atoms with van der Waals surface area (Å²) < 4.78 is 1.55. The molecule has 0 aromatic carbocycles. The van der Waals surface area contributed by atoms with Crippen LogP contribution in [0.3, 0.4) is 0 Å². The normalized spacial score (nSPS) is 21.2. The van der Waals surface area contributed by atoms with Crippen LogP contribution in [0.4, 0.5) is 5.69 Å². The number of nitrogen functional groups attached to an aromatic ring is 1. The molecule has 1 fully saturated rings. The molecule has 1 aliphatic rings. The molecule has 6 nitrogen and oxygen atoms in total. The molecular formula is C19H32N4O2S. The van der Waals surface area contributed by atoms with Crippen molar-refractivity contribution < 1.29 is 5.11 Å². The van der Waals surface area contributed by atoms with E-state index < -0.39 is 0 Å². The van der Waals surface area contributed by atoms with Crippen molar-refractivity contribution in [3.05, 3.63) is 27.2 Å². The number of hydrogen-bond donors (Lipinski definition) is 3. The van der Waals surface area contributed by atoms with E-state index in [9.17, 15) is 4.79 Å². The molecule has 0 saturated carbocycles. The summed E-state index contributed by atoms with van der Waals surface area (Å²) in [6, 6.07) is 0.410. The highest BCUT2D eigenvalue weighted by Gasteiger charge is 2.26. The molecule has 1 saturated heterocycles. The van der Waals surface area contributed by atoms with E-state index in [-0.39, 0.29) is 17.9 Å². The standard InChI is InChI=1S/C19H32N4O2S/c1-4-15(14-9-8-11-21-13(14)2)26-18-17(20)19(25)23(3)16(22-18)10-6-5-7-12-24/h4,13-14,21,24H,5-12,20H2,1-3H3/b15-4-/t13-,14-/m0/s1. The first-order valence-corrected chi connectivity index (χ1v) is 10.3. The summed E-state index contributed by atoms with van der Waals surface area (Å²) in [5.74, 6) is 1.19. The molecule has 0 radical (unpaired) electrons. The van der Waals surface area contributed by atoms with E-state index >= 15 is 0 Å². The van der Waals surface area contributed by atoms with Crippen molar-refractivity contribution in [3.8, 4) is 0 Å². The van der Waals surface area contributed by atoms with Gasteiger partial charge in [0.2, 0.25) is 0 Å². The molecule has 2 atom stereocenters. The van der Waals surface area contributed by atoms with Gasteiger partial charge in [0, 0.05) is 32.0 Å². The van der Waals surface area contributed by atoms with Gasteiger partial charge in [0.1, 0.15) is 16.5 Å². The Morgan fingerprint density at radius 1 is 1.46 bits per heavy atom. The van der Waals surface area contributed by atoms with E-state index in [1.54, 1.807) is 11.6 Å². The van der Waals surface area contributed by atoms with Gasteiger partial charge in [0.15, 0.2) is 0 Å². The summed E-state index contributed by atoms with van der Waals surface area (Å²) in [5.41, 5.74) is 6.16. The molecule has 1 aromatic rings. The van der Waals surface area contributed by atoms with Crippen LogP contribution in [0.1, 0.15) is 51.8 Å². The molecule has 0 aliphatic carbocycles. The Morgan fingerprint density at radius 2 is 2.23 bits per heavy atom. The number of aliphatic hydroxyl groups is 1. The van der Waals surface area contributed by atoms with Gasteiger partial charge < -0.3 is 16.2 Å². The summed E-state index contributed by atoms with van der Waals surface area (Å²) >= 11 is 1.54. The van der Waals surface area contributed by atoms with E-state index in [0.29, 0.717) is 23.4 Å². The number of hydrogen-bond acceptors (Lipinski definition) is 6. The van der Waals surface area contributed by atoms with Crippen LogP contribution < -0.4 is 16.6 Å². The van der Waals surface area contributed by atoms with Crippen LogP contribution in [0.25, 0.3) is 0 Å². The predicted octanol–water partition coefficient (Wildman–Crippen LogP) is 2.45. The van der Waals surface area contributed by atoms with Gasteiger partial charge in [-0.05, 0) is 51.0 Å². The minimum Gasteiger partial charge on any atom is -0.396 e. The van der Waals surface area contributed by atoms with Crippen molar-refractivity contribution in [2.45, 2.75) is 63.4 Å². The first kappa shape index (κ1) is 21.0. The SMILES string of the molecule is C/C=C(\Sc1nc(CCCCCO)n(C)c(=O)c1N)[C@H]1CCCN[C@H]1C. The fourth-order valence-corrected chi connectivity index (χ4v) is 4.57. The van der Waals surface area contributed by atoms with E-state index in [4.69, 9.17) is 15.8 Å². The largest absolute Gasteiger partial charge is 0.396 e. The molecule has 2 rings (SSSR count). The molecule has 2 heterocycles. The molecular weight excluding hydrogens is 348 g/mol. The highest BCUT2D eigenvalue weighted by molar-refractivity contribution is 8.03. The first-order valence-electron chi connectivity index (χ1n) is 9.53. The Hall–Kier alpha value is -1.31. The molecule has 0 bridgehead atoms. The van der Waals surface area contributed by atoms with Gasteiger partial charge in [0.25, 0.3) is 5.56 Å². The fraction of sp³-hybridized carbons (Fsp3) is 0.684. The molecule has 7 heteroatoms. The van der Waals surface area contributed by atoms with Crippen LogP contribution in [-0.4, -0.2) is 33.9 Å². The third-order valence-electron chi connectivity index (χ3n) is 5.07. The second kappa shape index (κ2) is 10.1. The summed E-state index contributed by atoms with van der Waals surface area (Å²) in [6.45, 7) is 5.51. The Labute approximate surface area is 160 Å². The number of anilines is 1. The van der Waals surface area contributed by atoms with E-state index in [0.717, 1.165) is 44.5 Å².